The molecule has 0 aliphatic heterocycles. The van der Waals surface area contributed by atoms with Gasteiger partial charge in [0.05, 0.1) is 11.4 Å². The summed E-state index contributed by atoms with van der Waals surface area (Å²) in [7, 11) is -3.84. The molecular formula is C12H11BrClN3O2S. The molecular weight excluding hydrogens is 366 g/mol. The number of halogens is 2. The van der Waals surface area contributed by atoms with E-state index >= 15 is 0 Å². The van der Waals surface area contributed by atoms with Crippen LogP contribution in [0.25, 0.3) is 0 Å². The third kappa shape index (κ3) is 3.23. The number of nitrogens with one attached hydrogen (secondary N) is 1. The SMILES string of the molecule is Cc1cnc(Cl)c(NS(=O)(=O)c2cc(Br)ccc2N)c1. The highest BCUT2D eigenvalue weighted by Gasteiger charge is 2.19. The van der Waals surface area contributed by atoms with Crippen LogP contribution in [-0.4, -0.2) is 13.4 Å². The summed E-state index contributed by atoms with van der Waals surface area (Å²) in [6.45, 7) is 1.79. The summed E-state index contributed by atoms with van der Waals surface area (Å²) < 4.78 is 27.7. The Morgan fingerprint density at radius 3 is 2.75 bits per heavy atom. The number of hydrogen-bond acceptors (Lipinski definition) is 4. The van der Waals surface area contributed by atoms with Gasteiger partial charge in [-0.15, -0.1) is 0 Å². The van der Waals surface area contributed by atoms with Crippen molar-refractivity contribution in [3.05, 3.63) is 45.7 Å². The van der Waals surface area contributed by atoms with Crippen molar-refractivity contribution in [2.45, 2.75) is 11.8 Å². The summed E-state index contributed by atoms with van der Waals surface area (Å²) in [6, 6.07) is 6.19. The van der Waals surface area contributed by atoms with Crippen LogP contribution in [-0.2, 0) is 10.0 Å². The maximum atomic E-state index is 12.3. The van der Waals surface area contributed by atoms with Crippen molar-refractivity contribution in [3.8, 4) is 0 Å². The van der Waals surface area contributed by atoms with Crippen LogP contribution in [0.1, 0.15) is 5.56 Å². The molecule has 0 amide bonds. The first-order chi connectivity index (χ1) is 9.29. The molecule has 0 radical (unpaired) electrons. The van der Waals surface area contributed by atoms with E-state index < -0.39 is 10.0 Å². The average Bonchev–Trinajstić information content (AvgIpc) is 2.36. The number of anilines is 2. The van der Waals surface area contributed by atoms with Crippen LogP contribution in [0.4, 0.5) is 11.4 Å². The lowest BCUT2D eigenvalue weighted by Crippen LogP contribution is -2.15. The van der Waals surface area contributed by atoms with Gasteiger partial charge >= 0.3 is 0 Å². The van der Waals surface area contributed by atoms with Gasteiger partial charge in [0.25, 0.3) is 10.0 Å². The summed E-state index contributed by atoms with van der Waals surface area (Å²) in [5, 5.41) is 0.0766. The fraction of sp³-hybridized carbons (Fsp3) is 0.0833. The molecule has 0 saturated carbocycles. The van der Waals surface area contributed by atoms with E-state index in [1.54, 1.807) is 25.3 Å². The molecule has 20 heavy (non-hydrogen) atoms. The molecule has 3 N–H and O–H groups in total. The van der Waals surface area contributed by atoms with E-state index in [1.165, 1.54) is 12.1 Å². The highest BCUT2D eigenvalue weighted by molar-refractivity contribution is 9.10. The molecule has 0 saturated heterocycles. The van der Waals surface area contributed by atoms with E-state index in [1.807, 2.05) is 0 Å². The van der Waals surface area contributed by atoms with E-state index in [2.05, 4.69) is 25.6 Å². The predicted octanol–water partition coefficient (Wildman–Crippen LogP) is 3.19. The summed E-state index contributed by atoms with van der Waals surface area (Å²) in [5.41, 5.74) is 6.86. The molecule has 106 valence electrons. The molecule has 1 heterocycles. The molecule has 0 spiro atoms. The zero-order valence-electron chi connectivity index (χ0n) is 10.4. The van der Waals surface area contributed by atoms with Gasteiger partial charge in [-0.25, -0.2) is 13.4 Å². The van der Waals surface area contributed by atoms with Crippen molar-refractivity contribution in [2.24, 2.45) is 0 Å². The topological polar surface area (TPSA) is 85.1 Å². The number of aryl methyl sites for hydroxylation is 1. The molecule has 1 aromatic heterocycles. The number of sulfonamides is 1. The Hall–Kier alpha value is -1.31. The fourth-order valence-corrected chi connectivity index (χ4v) is 3.50. The molecule has 0 fully saturated rings. The number of rotatable bonds is 3. The van der Waals surface area contributed by atoms with Crippen molar-refractivity contribution in [3.63, 3.8) is 0 Å². The smallest absolute Gasteiger partial charge is 0.264 e. The molecule has 2 rings (SSSR count). The number of nitrogen functional groups attached to an aromatic ring is 1. The van der Waals surface area contributed by atoms with Crippen molar-refractivity contribution in [1.29, 1.82) is 0 Å². The van der Waals surface area contributed by atoms with E-state index in [0.717, 1.165) is 5.56 Å². The van der Waals surface area contributed by atoms with E-state index in [9.17, 15) is 8.42 Å². The zero-order chi connectivity index (χ0) is 14.9. The molecule has 0 atom stereocenters. The van der Waals surface area contributed by atoms with Gasteiger partial charge in [-0.2, -0.15) is 0 Å². The number of nitrogens with zero attached hydrogens (tertiary/aromatic N) is 1. The highest BCUT2D eigenvalue weighted by atomic mass is 79.9. The Kier molecular flexibility index (Phi) is 4.22. The lowest BCUT2D eigenvalue weighted by Gasteiger charge is -2.11. The Morgan fingerprint density at radius 2 is 2.05 bits per heavy atom. The molecule has 0 unspecified atom stereocenters. The highest BCUT2D eigenvalue weighted by Crippen LogP contribution is 2.27. The van der Waals surface area contributed by atoms with Gasteiger partial charge < -0.3 is 5.73 Å². The maximum absolute atomic E-state index is 12.3. The van der Waals surface area contributed by atoms with Gasteiger partial charge in [0.1, 0.15) is 4.90 Å². The normalized spacial score (nSPS) is 11.3. The second kappa shape index (κ2) is 5.59. The summed E-state index contributed by atoms with van der Waals surface area (Å²) >= 11 is 9.10. The number of pyridine rings is 1. The molecule has 1 aromatic carbocycles. The largest absolute Gasteiger partial charge is 0.398 e. The van der Waals surface area contributed by atoms with Crippen LogP contribution in [0, 0.1) is 6.92 Å². The monoisotopic (exact) mass is 375 g/mol. The van der Waals surface area contributed by atoms with Crippen LogP contribution in [0.3, 0.4) is 0 Å². The molecule has 0 bridgehead atoms. The quantitative estimate of drug-likeness (QED) is 0.636. The Bertz CT molecular complexity index is 765. The number of benzene rings is 1. The third-order valence-corrected chi connectivity index (χ3v) is 4.70. The van der Waals surface area contributed by atoms with E-state index in [4.69, 9.17) is 17.3 Å². The van der Waals surface area contributed by atoms with Crippen LogP contribution < -0.4 is 10.5 Å². The van der Waals surface area contributed by atoms with Gasteiger partial charge in [-0.1, -0.05) is 27.5 Å². The second-order valence-electron chi connectivity index (χ2n) is 4.14. The molecule has 2 aromatic rings. The van der Waals surface area contributed by atoms with Crippen molar-refractivity contribution in [2.75, 3.05) is 10.5 Å². The summed E-state index contributed by atoms with van der Waals surface area (Å²) in [4.78, 5) is 3.87. The van der Waals surface area contributed by atoms with Gasteiger partial charge in [-0.3, -0.25) is 4.72 Å². The number of nitrogens with two attached hydrogens (primary N) is 1. The van der Waals surface area contributed by atoms with Gasteiger partial charge in [-0.05, 0) is 36.8 Å². The number of hydrogen-bond donors (Lipinski definition) is 2. The Morgan fingerprint density at radius 1 is 1.35 bits per heavy atom. The minimum atomic E-state index is -3.84. The van der Waals surface area contributed by atoms with Gasteiger partial charge in [0.15, 0.2) is 5.15 Å². The minimum Gasteiger partial charge on any atom is -0.398 e. The average molecular weight is 377 g/mol. The van der Waals surface area contributed by atoms with Crippen molar-refractivity contribution in [1.82, 2.24) is 4.98 Å². The van der Waals surface area contributed by atoms with Crippen LogP contribution >= 0.6 is 27.5 Å². The number of aromatic nitrogens is 1. The van der Waals surface area contributed by atoms with Crippen LogP contribution in [0.2, 0.25) is 5.15 Å². The predicted molar refractivity (Wildman–Crippen MR) is 83.3 cm³/mol. The van der Waals surface area contributed by atoms with E-state index in [0.29, 0.717) is 4.47 Å². The minimum absolute atomic E-state index is 0.0237. The first-order valence-corrected chi connectivity index (χ1v) is 8.15. The molecule has 0 aliphatic rings. The Labute approximate surface area is 130 Å². The lowest BCUT2D eigenvalue weighted by atomic mass is 10.3. The van der Waals surface area contributed by atoms with E-state index in [-0.39, 0.29) is 21.4 Å². The van der Waals surface area contributed by atoms with Gasteiger partial charge in [0.2, 0.25) is 0 Å². The first-order valence-electron chi connectivity index (χ1n) is 5.49. The second-order valence-corrected chi connectivity index (χ2v) is 7.06. The molecule has 5 nitrogen and oxygen atoms in total. The van der Waals surface area contributed by atoms with Crippen LogP contribution in [0.15, 0.2) is 39.8 Å². The molecule has 0 aliphatic carbocycles. The molecule has 8 heteroatoms. The third-order valence-electron chi connectivity index (χ3n) is 2.49. The van der Waals surface area contributed by atoms with Crippen LogP contribution in [0.5, 0.6) is 0 Å². The van der Waals surface area contributed by atoms with Gasteiger partial charge in [0, 0.05) is 10.7 Å². The van der Waals surface area contributed by atoms with Crippen molar-refractivity contribution < 1.29 is 8.42 Å². The van der Waals surface area contributed by atoms with Crippen molar-refractivity contribution >= 4 is 48.9 Å². The first kappa shape index (κ1) is 15.1. The Balaban J connectivity index is 2.46. The fourth-order valence-electron chi connectivity index (χ4n) is 1.56. The summed E-state index contributed by atoms with van der Waals surface area (Å²) in [6.07, 6.45) is 1.55. The maximum Gasteiger partial charge on any atom is 0.264 e. The summed E-state index contributed by atoms with van der Waals surface area (Å²) in [5.74, 6) is 0. The standard InChI is InChI=1S/C12H11BrClN3O2S/c1-7-4-10(12(14)16-6-7)17-20(18,19)11-5-8(13)2-3-9(11)15/h2-6,17H,15H2,1H3. The zero-order valence-corrected chi connectivity index (χ0v) is 13.6. The lowest BCUT2D eigenvalue weighted by molar-refractivity contribution is 0.601.